The molecule has 166 valence electrons. The van der Waals surface area contributed by atoms with E-state index in [4.69, 9.17) is 0 Å². The van der Waals surface area contributed by atoms with E-state index in [9.17, 15) is 0 Å². The first-order valence-electron chi connectivity index (χ1n) is 12.5. The predicted molar refractivity (Wildman–Crippen MR) is 139 cm³/mol. The van der Waals surface area contributed by atoms with Crippen LogP contribution in [0.4, 0.5) is 0 Å². The quantitative estimate of drug-likeness (QED) is 0.467. The van der Waals surface area contributed by atoms with Gasteiger partial charge in [-0.05, 0) is 97.4 Å². The van der Waals surface area contributed by atoms with E-state index in [2.05, 4.69) is 71.5 Å². The van der Waals surface area contributed by atoms with E-state index in [-0.39, 0.29) is 0 Å². The van der Waals surface area contributed by atoms with Crippen molar-refractivity contribution < 1.29 is 0 Å². The zero-order valence-corrected chi connectivity index (χ0v) is 21.0. The molecule has 0 heteroatoms. The van der Waals surface area contributed by atoms with E-state index < -0.39 is 0 Å². The highest BCUT2D eigenvalue weighted by atomic mass is 14.3. The molecule has 2 aromatic carbocycles. The van der Waals surface area contributed by atoms with E-state index in [1.165, 1.54) is 82.2 Å². The van der Waals surface area contributed by atoms with Crippen LogP contribution < -0.4 is 0 Å². The molecule has 0 amide bonds. The Morgan fingerprint density at radius 1 is 0.935 bits per heavy atom. The summed E-state index contributed by atoms with van der Waals surface area (Å²) in [6.07, 6.45) is 10.3. The van der Waals surface area contributed by atoms with Gasteiger partial charge in [0.05, 0.1) is 0 Å². The summed E-state index contributed by atoms with van der Waals surface area (Å²) in [5, 5.41) is 0. The Morgan fingerprint density at radius 3 is 2.29 bits per heavy atom. The Morgan fingerprint density at radius 2 is 1.61 bits per heavy atom. The Hall–Kier alpha value is -2.08. The molecule has 31 heavy (non-hydrogen) atoms. The summed E-state index contributed by atoms with van der Waals surface area (Å²) in [7, 11) is 0. The first kappa shape index (κ1) is 23.6. The van der Waals surface area contributed by atoms with E-state index in [0.717, 1.165) is 6.42 Å². The molecule has 2 aromatic rings. The molecule has 0 nitrogen and oxygen atoms in total. The minimum atomic E-state index is 0.507. The fourth-order valence-electron chi connectivity index (χ4n) is 5.67. The van der Waals surface area contributed by atoms with Gasteiger partial charge in [-0.15, -0.1) is 0 Å². The lowest BCUT2D eigenvalue weighted by Crippen LogP contribution is -2.10. The van der Waals surface area contributed by atoms with Crippen molar-refractivity contribution in [2.45, 2.75) is 92.9 Å². The number of rotatable bonds is 4. The Labute approximate surface area is 191 Å². The van der Waals surface area contributed by atoms with Gasteiger partial charge < -0.3 is 0 Å². The smallest absolute Gasteiger partial charge is 0.00326 e. The number of fused-ring (bicyclic) bond motifs is 1. The van der Waals surface area contributed by atoms with Crippen molar-refractivity contribution in [3.8, 4) is 0 Å². The molecule has 0 N–H and O–H groups in total. The van der Waals surface area contributed by atoms with Crippen LogP contribution in [0.15, 0.2) is 36.4 Å². The molecule has 1 saturated carbocycles. The lowest BCUT2D eigenvalue weighted by molar-refractivity contribution is 0.430. The largest absolute Gasteiger partial charge is 0.0949 e. The van der Waals surface area contributed by atoms with Gasteiger partial charge in [-0.1, -0.05) is 88.1 Å². The highest BCUT2D eigenvalue weighted by Gasteiger charge is 2.25. The summed E-state index contributed by atoms with van der Waals surface area (Å²) < 4.78 is 0. The Kier molecular flexibility index (Phi) is 7.63. The minimum Gasteiger partial charge on any atom is -0.0949 e. The zero-order chi connectivity index (χ0) is 22.7. The predicted octanol–water partition coefficient (Wildman–Crippen LogP) is 9.28. The van der Waals surface area contributed by atoms with Crippen molar-refractivity contribution in [2.24, 2.45) is 5.92 Å². The van der Waals surface area contributed by atoms with E-state index >= 15 is 0 Å². The fraction of sp³-hybridized carbons (Fsp3) is 0.484. The number of allylic oxidation sites excluding steroid dienone is 2. The van der Waals surface area contributed by atoms with Gasteiger partial charge in [0.15, 0.2) is 0 Å². The monoisotopic (exact) mass is 414 g/mol. The average molecular weight is 415 g/mol. The highest BCUT2D eigenvalue weighted by Crippen LogP contribution is 2.42. The summed E-state index contributed by atoms with van der Waals surface area (Å²) >= 11 is 0. The second kappa shape index (κ2) is 10.0. The van der Waals surface area contributed by atoms with Crippen LogP contribution in [-0.4, -0.2) is 0 Å². The molecule has 1 unspecified atom stereocenters. The van der Waals surface area contributed by atoms with Gasteiger partial charge in [0.1, 0.15) is 0 Å². The van der Waals surface area contributed by atoms with Gasteiger partial charge in [0.2, 0.25) is 0 Å². The molecule has 1 fully saturated rings. The third-order valence-corrected chi connectivity index (χ3v) is 7.57. The number of benzene rings is 2. The lowest BCUT2D eigenvalue weighted by atomic mass is 9.79. The van der Waals surface area contributed by atoms with Gasteiger partial charge in [-0.3, -0.25) is 0 Å². The van der Waals surface area contributed by atoms with Gasteiger partial charge in [0.25, 0.3) is 0 Å². The van der Waals surface area contributed by atoms with Crippen molar-refractivity contribution in [3.63, 3.8) is 0 Å². The van der Waals surface area contributed by atoms with Crippen LogP contribution in [0.2, 0.25) is 0 Å². The maximum Gasteiger partial charge on any atom is 0.00326 e. The molecule has 0 aromatic heterocycles. The molecule has 0 bridgehead atoms. The van der Waals surface area contributed by atoms with Crippen molar-refractivity contribution in [1.82, 2.24) is 0 Å². The van der Waals surface area contributed by atoms with Crippen molar-refractivity contribution >= 4 is 11.6 Å². The van der Waals surface area contributed by atoms with Gasteiger partial charge in [-0.2, -0.15) is 0 Å². The standard InChI is InChI=1S/C29H36.C2H6/c1-18-14-20(3)28-17-25(22(5)29(28)15-18)16-27-19(2)12-13-26(23(27)6)21(4)24-10-8-7-9-11-24;1-2/h12-15,17,22,24H,4,7-11,16H2,1-3,5-6H3;1-2H3. The average Bonchev–Trinajstić information content (AvgIpc) is 3.08. The maximum atomic E-state index is 4.57. The van der Waals surface area contributed by atoms with Crippen LogP contribution in [-0.2, 0) is 6.42 Å². The zero-order valence-electron chi connectivity index (χ0n) is 21.0. The molecular weight excluding hydrogens is 372 g/mol. The molecular formula is C31H42. The third-order valence-electron chi connectivity index (χ3n) is 7.57. The molecule has 0 radical (unpaired) electrons. The summed E-state index contributed by atoms with van der Waals surface area (Å²) in [6.45, 7) is 20.0. The topological polar surface area (TPSA) is 0 Å². The number of aryl methyl sites for hydroxylation is 3. The van der Waals surface area contributed by atoms with Gasteiger partial charge >= 0.3 is 0 Å². The molecule has 2 aliphatic rings. The molecule has 2 aliphatic carbocycles. The Bertz CT molecular complexity index is 980. The lowest BCUT2D eigenvalue weighted by Gasteiger charge is -2.26. The second-order valence-electron chi connectivity index (χ2n) is 9.60. The summed E-state index contributed by atoms with van der Waals surface area (Å²) in [4.78, 5) is 0. The minimum absolute atomic E-state index is 0.507. The third kappa shape index (κ3) is 4.74. The number of hydrogen-bond donors (Lipinski definition) is 0. The van der Waals surface area contributed by atoms with Crippen molar-refractivity contribution in [1.29, 1.82) is 0 Å². The first-order chi connectivity index (χ1) is 14.9. The van der Waals surface area contributed by atoms with E-state index in [0.29, 0.717) is 11.8 Å². The van der Waals surface area contributed by atoms with Crippen molar-refractivity contribution in [3.05, 3.63) is 80.9 Å². The summed E-state index contributed by atoms with van der Waals surface area (Å²) in [5.74, 6) is 1.19. The molecule has 0 spiro atoms. The van der Waals surface area contributed by atoms with Crippen LogP contribution in [0.25, 0.3) is 11.6 Å². The fourth-order valence-corrected chi connectivity index (χ4v) is 5.67. The van der Waals surface area contributed by atoms with Crippen LogP contribution >= 0.6 is 0 Å². The van der Waals surface area contributed by atoms with Crippen molar-refractivity contribution in [2.75, 3.05) is 0 Å². The van der Waals surface area contributed by atoms with Crippen LogP contribution in [0, 0.1) is 33.6 Å². The molecule has 0 heterocycles. The van der Waals surface area contributed by atoms with E-state index in [1.54, 1.807) is 5.57 Å². The molecule has 0 aliphatic heterocycles. The number of hydrogen-bond acceptors (Lipinski definition) is 0. The maximum absolute atomic E-state index is 4.57. The SMILES string of the molecule is C=C(c1ccc(C)c(CC2=Cc3c(C)cc(C)cc3C2C)c1C)C1CCCCC1.CC. The van der Waals surface area contributed by atoms with Crippen LogP contribution in [0.3, 0.4) is 0 Å². The molecule has 1 atom stereocenters. The van der Waals surface area contributed by atoms with Gasteiger partial charge in [0, 0.05) is 5.92 Å². The molecule has 4 rings (SSSR count). The normalized spacial score (nSPS) is 18.2. The van der Waals surface area contributed by atoms with E-state index in [1.807, 2.05) is 13.8 Å². The summed E-state index contributed by atoms with van der Waals surface area (Å²) in [5.41, 5.74) is 14.5. The summed E-state index contributed by atoms with van der Waals surface area (Å²) in [6, 6.07) is 9.36. The Balaban J connectivity index is 0.00000132. The molecule has 0 saturated heterocycles. The van der Waals surface area contributed by atoms with Gasteiger partial charge in [-0.25, -0.2) is 0 Å². The highest BCUT2D eigenvalue weighted by molar-refractivity contribution is 5.72. The van der Waals surface area contributed by atoms with Crippen LogP contribution in [0.1, 0.15) is 103 Å². The first-order valence-corrected chi connectivity index (χ1v) is 12.5. The van der Waals surface area contributed by atoms with Crippen LogP contribution in [0.5, 0.6) is 0 Å². The second-order valence-corrected chi connectivity index (χ2v) is 9.60.